The van der Waals surface area contributed by atoms with Crippen molar-refractivity contribution >= 4 is 66.4 Å². The van der Waals surface area contributed by atoms with Gasteiger partial charge in [-0.25, -0.2) is 0 Å². The minimum Gasteiger partial charge on any atom is -0.311 e. The lowest BCUT2D eigenvalue weighted by Gasteiger charge is -2.27. The zero-order chi connectivity index (χ0) is 65.4. The molecule has 0 heterocycles. The summed E-state index contributed by atoms with van der Waals surface area (Å²) in [5.74, 6) is 0. The number of anilines is 6. The summed E-state index contributed by atoms with van der Waals surface area (Å²) >= 11 is 0. The van der Waals surface area contributed by atoms with Crippen LogP contribution in [0, 0.1) is 0 Å². The highest BCUT2D eigenvalue weighted by Gasteiger charge is 2.18. The van der Waals surface area contributed by atoms with Crippen LogP contribution in [-0.2, 0) is 0 Å². The summed E-state index contributed by atoms with van der Waals surface area (Å²) in [6.07, 6.45) is 0. The first-order chi connectivity index (χ1) is 48.6. The average Bonchev–Trinajstić information content (AvgIpc) is 0.811. The van der Waals surface area contributed by atoms with Crippen molar-refractivity contribution in [1.29, 1.82) is 0 Å². The molecule has 0 aliphatic carbocycles. The van der Waals surface area contributed by atoms with Gasteiger partial charge >= 0.3 is 0 Å². The Morgan fingerprint density at radius 1 is 0.122 bits per heavy atom. The molecule has 0 aliphatic heterocycles. The van der Waals surface area contributed by atoms with Crippen molar-refractivity contribution in [3.8, 4) is 89.0 Å². The van der Waals surface area contributed by atoms with Gasteiger partial charge in [0.1, 0.15) is 0 Å². The number of rotatable bonds is 14. The Balaban J connectivity index is 0.000000162. The van der Waals surface area contributed by atoms with Crippen molar-refractivity contribution in [1.82, 2.24) is 0 Å². The quantitative estimate of drug-likeness (QED) is 0.107. The second-order valence-corrected chi connectivity index (χ2v) is 24.8. The third kappa shape index (κ3) is 12.7. The molecule has 2 heteroatoms. The topological polar surface area (TPSA) is 6.48 Å². The van der Waals surface area contributed by atoms with Gasteiger partial charge in [-0.3, -0.25) is 0 Å². The molecule has 0 saturated carbocycles. The van der Waals surface area contributed by atoms with Gasteiger partial charge in [0.15, 0.2) is 0 Å². The van der Waals surface area contributed by atoms with Crippen molar-refractivity contribution in [2.75, 3.05) is 9.80 Å². The van der Waals surface area contributed by atoms with Gasteiger partial charge in [-0.15, -0.1) is 0 Å². The molecule has 0 spiro atoms. The molecule has 0 radical (unpaired) electrons. The second kappa shape index (κ2) is 27.6. The fourth-order valence-corrected chi connectivity index (χ4v) is 13.8. The van der Waals surface area contributed by atoms with E-state index in [1.165, 1.54) is 121 Å². The lowest BCUT2D eigenvalue weighted by atomic mass is 9.95. The normalized spacial score (nSPS) is 11.1. The van der Waals surface area contributed by atoms with E-state index in [1.807, 2.05) is 0 Å². The van der Waals surface area contributed by atoms with Gasteiger partial charge in [-0.1, -0.05) is 334 Å². The minimum absolute atomic E-state index is 1.10. The van der Waals surface area contributed by atoms with E-state index in [-0.39, 0.29) is 0 Å². The Bertz CT molecular complexity index is 5470. The van der Waals surface area contributed by atoms with E-state index in [0.717, 1.165) is 34.1 Å². The predicted molar refractivity (Wildman–Crippen MR) is 418 cm³/mol. The van der Waals surface area contributed by atoms with Crippen LogP contribution in [0.5, 0.6) is 0 Å². The van der Waals surface area contributed by atoms with Gasteiger partial charge in [-0.2, -0.15) is 0 Å². The van der Waals surface area contributed by atoms with E-state index in [1.54, 1.807) is 0 Å². The SMILES string of the molecule is c1ccc(-c2ccc(-c3ccc(N(c4ccc(-c5cccc(-c6cccc7ccccc67)c5)cc4)c4ccc(-c5cccc6ccccc56)cc4)cc3)cc2)cc1.c1ccc(-c2cccc(N(c3ccc(-c4cccc5ccccc45)cc3)c3cccc(-c4ccccc4)c3)c2)cc1. The van der Waals surface area contributed by atoms with Crippen molar-refractivity contribution < 1.29 is 0 Å². The van der Waals surface area contributed by atoms with Crippen LogP contribution in [0.25, 0.3) is 121 Å². The summed E-state index contributed by atoms with van der Waals surface area (Å²) in [5.41, 5.74) is 26.0. The number of fused-ring (bicyclic) bond motifs is 3. The van der Waals surface area contributed by atoms with Gasteiger partial charge in [0, 0.05) is 34.1 Å². The van der Waals surface area contributed by atoms with Crippen LogP contribution in [0.1, 0.15) is 0 Å². The van der Waals surface area contributed by atoms with Gasteiger partial charge in [-0.05, 0) is 200 Å². The summed E-state index contributed by atoms with van der Waals surface area (Å²) < 4.78 is 0. The largest absolute Gasteiger partial charge is 0.311 e. The molecule has 17 aromatic rings. The number of hydrogen-bond acceptors (Lipinski definition) is 2. The van der Waals surface area contributed by atoms with Gasteiger partial charge in [0.05, 0.1) is 0 Å². The van der Waals surface area contributed by atoms with Crippen LogP contribution >= 0.6 is 0 Å². The molecule has 0 unspecified atom stereocenters. The van der Waals surface area contributed by atoms with Gasteiger partial charge in [0.25, 0.3) is 0 Å². The van der Waals surface area contributed by atoms with Crippen molar-refractivity contribution in [3.63, 3.8) is 0 Å². The molecule has 0 fully saturated rings. The molecule has 0 bridgehead atoms. The molecule has 462 valence electrons. The monoisotopic (exact) mass is 1250 g/mol. The summed E-state index contributed by atoms with van der Waals surface area (Å²) in [6.45, 7) is 0. The van der Waals surface area contributed by atoms with E-state index in [4.69, 9.17) is 0 Å². The Hall–Kier alpha value is -12.9. The van der Waals surface area contributed by atoms with Gasteiger partial charge < -0.3 is 9.80 Å². The first kappa shape index (κ1) is 60.1. The van der Waals surface area contributed by atoms with Crippen molar-refractivity contribution in [2.45, 2.75) is 0 Å². The molecule has 0 saturated heterocycles. The summed E-state index contributed by atoms with van der Waals surface area (Å²) in [4.78, 5) is 4.71. The molecular formula is C96H68N2. The van der Waals surface area contributed by atoms with Crippen LogP contribution < -0.4 is 9.80 Å². The Morgan fingerprint density at radius 3 is 0.724 bits per heavy atom. The smallest absolute Gasteiger partial charge is 0.0467 e. The Kier molecular flexibility index (Phi) is 16.9. The molecule has 0 aliphatic rings. The summed E-state index contributed by atoms with van der Waals surface area (Å²) in [6, 6.07) is 148. The van der Waals surface area contributed by atoms with Crippen LogP contribution in [0.3, 0.4) is 0 Å². The van der Waals surface area contributed by atoms with E-state index < -0.39 is 0 Å². The van der Waals surface area contributed by atoms with Crippen molar-refractivity contribution in [2.24, 2.45) is 0 Å². The van der Waals surface area contributed by atoms with E-state index >= 15 is 0 Å². The summed E-state index contributed by atoms with van der Waals surface area (Å²) in [7, 11) is 0. The highest BCUT2D eigenvalue weighted by atomic mass is 15.1. The molecule has 17 rings (SSSR count). The third-order valence-electron chi connectivity index (χ3n) is 18.7. The molecule has 0 amide bonds. The van der Waals surface area contributed by atoms with E-state index in [0.29, 0.717) is 0 Å². The highest BCUT2D eigenvalue weighted by molar-refractivity contribution is 6.00. The van der Waals surface area contributed by atoms with Crippen LogP contribution in [0.15, 0.2) is 413 Å². The molecule has 0 aromatic heterocycles. The Morgan fingerprint density at radius 2 is 0.347 bits per heavy atom. The van der Waals surface area contributed by atoms with E-state index in [2.05, 4.69) is 422 Å². The molecular weight excluding hydrogens is 1180 g/mol. The highest BCUT2D eigenvalue weighted by Crippen LogP contribution is 2.43. The molecule has 0 atom stereocenters. The number of nitrogens with zero attached hydrogens (tertiary/aromatic N) is 2. The number of benzene rings is 17. The van der Waals surface area contributed by atoms with Crippen LogP contribution in [-0.4, -0.2) is 0 Å². The maximum absolute atomic E-state index is 2.35. The predicted octanol–water partition coefficient (Wildman–Crippen LogP) is 27.1. The maximum atomic E-state index is 2.35. The third-order valence-corrected chi connectivity index (χ3v) is 18.7. The zero-order valence-corrected chi connectivity index (χ0v) is 54.2. The van der Waals surface area contributed by atoms with Gasteiger partial charge in [0.2, 0.25) is 0 Å². The maximum Gasteiger partial charge on any atom is 0.0467 e. The first-order valence-corrected chi connectivity index (χ1v) is 33.6. The van der Waals surface area contributed by atoms with Crippen LogP contribution in [0.4, 0.5) is 34.1 Å². The standard InChI is InChI=1S/C56H39N.C40H29N/c1-2-11-40(12-3-1)41-23-25-42(26-24-41)43-27-33-50(34-28-43)57(52-37-31-47(32-38-52)55-21-9-15-45-13-4-6-19-53(45)55)51-35-29-44(30-36-51)48-17-8-18-49(39-48)56-22-10-16-46-14-5-7-20-54(46)56;1-3-12-30(13-4-1)34-18-9-20-37(28-34)41(38-21-10-19-35(29-38)31-14-5-2-6-15-31)36-26-24-33(25-27-36)40-23-11-17-32-16-7-8-22-39(32)40/h1-39H;1-29H. The average molecular weight is 1250 g/mol. The molecule has 0 N–H and O–H groups in total. The Labute approximate surface area is 574 Å². The fraction of sp³-hybridized carbons (Fsp3) is 0. The molecule has 98 heavy (non-hydrogen) atoms. The lowest BCUT2D eigenvalue weighted by Crippen LogP contribution is -2.10. The first-order valence-electron chi connectivity index (χ1n) is 33.6. The second-order valence-electron chi connectivity index (χ2n) is 24.8. The van der Waals surface area contributed by atoms with Crippen LogP contribution in [0.2, 0.25) is 0 Å². The lowest BCUT2D eigenvalue weighted by molar-refractivity contribution is 1.28. The zero-order valence-electron chi connectivity index (χ0n) is 54.2. The number of hydrogen-bond donors (Lipinski definition) is 0. The van der Waals surface area contributed by atoms with E-state index in [9.17, 15) is 0 Å². The minimum atomic E-state index is 1.10. The summed E-state index contributed by atoms with van der Waals surface area (Å²) in [5, 5.41) is 7.56. The van der Waals surface area contributed by atoms with Crippen molar-refractivity contribution in [3.05, 3.63) is 413 Å². The fourth-order valence-electron chi connectivity index (χ4n) is 13.8. The molecule has 17 aromatic carbocycles. The molecule has 2 nitrogen and oxygen atoms in total.